The molecule has 0 aliphatic carbocycles. The van der Waals surface area contributed by atoms with Gasteiger partial charge < -0.3 is 15.8 Å². The molecular formula is C13H26N2O2. The van der Waals surface area contributed by atoms with E-state index >= 15 is 0 Å². The minimum atomic E-state index is 0.0769. The molecule has 1 rings (SSSR count). The number of carbonyl (C=O) groups excluding carboxylic acids is 1. The van der Waals surface area contributed by atoms with Crippen LogP contribution in [0, 0.1) is 5.92 Å². The van der Waals surface area contributed by atoms with Crippen LogP contribution >= 0.6 is 0 Å². The first-order valence-corrected chi connectivity index (χ1v) is 6.72. The van der Waals surface area contributed by atoms with Crippen molar-refractivity contribution in [3.63, 3.8) is 0 Å². The maximum Gasteiger partial charge on any atom is 0.222 e. The molecule has 3 N–H and O–H groups in total. The van der Waals surface area contributed by atoms with Gasteiger partial charge in [0.05, 0.1) is 12.5 Å². The van der Waals surface area contributed by atoms with Gasteiger partial charge in [0.25, 0.3) is 0 Å². The van der Waals surface area contributed by atoms with Gasteiger partial charge in [0, 0.05) is 19.2 Å². The van der Waals surface area contributed by atoms with Gasteiger partial charge in [-0.05, 0) is 31.6 Å². The average molecular weight is 242 g/mol. The van der Waals surface area contributed by atoms with Gasteiger partial charge >= 0.3 is 0 Å². The maximum absolute atomic E-state index is 11.8. The molecule has 0 saturated carbocycles. The number of nitrogens with two attached hydrogens (primary N) is 1. The van der Waals surface area contributed by atoms with Crippen LogP contribution in [0.15, 0.2) is 0 Å². The van der Waals surface area contributed by atoms with Crippen molar-refractivity contribution in [2.45, 2.75) is 58.1 Å². The first-order valence-electron chi connectivity index (χ1n) is 6.72. The highest BCUT2D eigenvalue weighted by atomic mass is 16.5. The van der Waals surface area contributed by atoms with Crippen LogP contribution in [0.3, 0.4) is 0 Å². The van der Waals surface area contributed by atoms with Crippen molar-refractivity contribution in [1.82, 2.24) is 5.32 Å². The molecule has 4 nitrogen and oxygen atoms in total. The summed E-state index contributed by atoms with van der Waals surface area (Å²) in [5, 5.41) is 3.00. The number of rotatable bonds is 6. The Balaban J connectivity index is 2.26. The topological polar surface area (TPSA) is 64.3 Å². The Bertz CT molecular complexity index is 225. The summed E-state index contributed by atoms with van der Waals surface area (Å²) in [5.74, 6) is 0.628. The van der Waals surface area contributed by atoms with Crippen molar-refractivity contribution in [2.24, 2.45) is 11.7 Å². The second-order valence-electron chi connectivity index (χ2n) is 5.32. The van der Waals surface area contributed by atoms with Crippen LogP contribution in [-0.4, -0.2) is 31.2 Å². The third-order valence-corrected chi connectivity index (χ3v) is 3.09. The SMILES string of the molecule is CC(C)CC(CN)NC(=O)CC1CCCCO1. The predicted molar refractivity (Wildman–Crippen MR) is 68.6 cm³/mol. The molecule has 1 aliphatic rings. The normalized spacial score (nSPS) is 22.5. The lowest BCUT2D eigenvalue weighted by atomic mass is 10.0. The third-order valence-electron chi connectivity index (χ3n) is 3.09. The van der Waals surface area contributed by atoms with Crippen molar-refractivity contribution in [1.29, 1.82) is 0 Å². The molecule has 1 amide bonds. The van der Waals surface area contributed by atoms with Crippen molar-refractivity contribution < 1.29 is 9.53 Å². The molecule has 1 aliphatic heterocycles. The molecule has 1 fully saturated rings. The van der Waals surface area contributed by atoms with Crippen molar-refractivity contribution >= 4 is 5.91 Å². The molecule has 0 aromatic carbocycles. The van der Waals surface area contributed by atoms with E-state index in [1.807, 2.05) is 0 Å². The Morgan fingerprint density at radius 1 is 1.47 bits per heavy atom. The zero-order valence-corrected chi connectivity index (χ0v) is 11.1. The van der Waals surface area contributed by atoms with Gasteiger partial charge in [0.15, 0.2) is 0 Å². The van der Waals surface area contributed by atoms with Crippen LogP contribution in [0.4, 0.5) is 0 Å². The summed E-state index contributed by atoms with van der Waals surface area (Å²) in [6.07, 6.45) is 4.83. The lowest BCUT2D eigenvalue weighted by Gasteiger charge is -2.24. The number of carbonyl (C=O) groups is 1. The minimum absolute atomic E-state index is 0.0769. The van der Waals surface area contributed by atoms with Crippen LogP contribution in [0.25, 0.3) is 0 Å². The monoisotopic (exact) mass is 242 g/mol. The van der Waals surface area contributed by atoms with E-state index in [0.29, 0.717) is 18.9 Å². The Morgan fingerprint density at radius 3 is 2.76 bits per heavy atom. The summed E-state index contributed by atoms with van der Waals surface area (Å²) in [6.45, 7) is 5.58. The van der Waals surface area contributed by atoms with Gasteiger partial charge in [0.1, 0.15) is 0 Å². The van der Waals surface area contributed by atoms with Crippen molar-refractivity contribution in [2.75, 3.05) is 13.2 Å². The van der Waals surface area contributed by atoms with Crippen molar-refractivity contribution in [3.05, 3.63) is 0 Å². The van der Waals surface area contributed by atoms with Gasteiger partial charge in [-0.2, -0.15) is 0 Å². The predicted octanol–water partition coefficient (Wildman–Crippen LogP) is 1.44. The quantitative estimate of drug-likeness (QED) is 0.740. The van der Waals surface area contributed by atoms with Gasteiger partial charge in [-0.15, -0.1) is 0 Å². The highest BCUT2D eigenvalue weighted by Gasteiger charge is 2.19. The summed E-state index contributed by atoms with van der Waals surface area (Å²) in [4.78, 5) is 11.8. The molecular weight excluding hydrogens is 216 g/mol. The molecule has 0 bridgehead atoms. The van der Waals surface area contributed by atoms with E-state index in [2.05, 4.69) is 19.2 Å². The zero-order valence-electron chi connectivity index (χ0n) is 11.1. The van der Waals surface area contributed by atoms with E-state index in [0.717, 1.165) is 25.9 Å². The Morgan fingerprint density at radius 2 is 2.24 bits per heavy atom. The molecule has 0 spiro atoms. The molecule has 0 aromatic heterocycles. The second-order valence-corrected chi connectivity index (χ2v) is 5.32. The van der Waals surface area contributed by atoms with E-state index < -0.39 is 0 Å². The van der Waals surface area contributed by atoms with E-state index in [1.54, 1.807) is 0 Å². The summed E-state index contributed by atoms with van der Waals surface area (Å²) in [6, 6.07) is 0.103. The van der Waals surface area contributed by atoms with Gasteiger partial charge in [0.2, 0.25) is 5.91 Å². The molecule has 1 saturated heterocycles. The van der Waals surface area contributed by atoms with E-state index in [4.69, 9.17) is 10.5 Å². The smallest absolute Gasteiger partial charge is 0.222 e. The standard InChI is InChI=1S/C13H26N2O2/c1-10(2)7-11(9-14)15-13(16)8-12-5-3-4-6-17-12/h10-12H,3-9,14H2,1-2H3,(H,15,16). The fourth-order valence-electron chi connectivity index (χ4n) is 2.24. The second kappa shape index (κ2) is 7.67. The molecule has 100 valence electrons. The molecule has 1 heterocycles. The van der Waals surface area contributed by atoms with Crippen LogP contribution in [0.2, 0.25) is 0 Å². The minimum Gasteiger partial charge on any atom is -0.378 e. The number of ether oxygens (including phenoxy) is 1. The van der Waals surface area contributed by atoms with E-state index in [-0.39, 0.29) is 18.1 Å². The van der Waals surface area contributed by atoms with E-state index in [1.165, 1.54) is 6.42 Å². The van der Waals surface area contributed by atoms with Crippen LogP contribution in [0.1, 0.15) is 46.0 Å². The Hall–Kier alpha value is -0.610. The molecule has 2 atom stereocenters. The summed E-state index contributed by atoms with van der Waals surface area (Å²) in [7, 11) is 0. The number of nitrogens with one attached hydrogen (secondary N) is 1. The fourth-order valence-corrected chi connectivity index (χ4v) is 2.24. The zero-order chi connectivity index (χ0) is 12.7. The maximum atomic E-state index is 11.8. The van der Waals surface area contributed by atoms with Gasteiger partial charge in [-0.25, -0.2) is 0 Å². The third kappa shape index (κ3) is 6.03. The van der Waals surface area contributed by atoms with Crippen LogP contribution < -0.4 is 11.1 Å². The van der Waals surface area contributed by atoms with Crippen molar-refractivity contribution in [3.8, 4) is 0 Å². The van der Waals surface area contributed by atoms with Crippen LogP contribution in [0.5, 0.6) is 0 Å². The Labute approximate surface area is 104 Å². The number of hydrogen-bond acceptors (Lipinski definition) is 3. The lowest BCUT2D eigenvalue weighted by molar-refractivity contribution is -0.125. The Kier molecular flexibility index (Phi) is 6.52. The summed E-state index contributed by atoms with van der Waals surface area (Å²) >= 11 is 0. The fraction of sp³-hybridized carbons (Fsp3) is 0.923. The molecule has 2 unspecified atom stereocenters. The number of amides is 1. The number of hydrogen-bond donors (Lipinski definition) is 2. The first-order chi connectivity index (χ1) is 8.11. The molecule has 0 radical (unpaired) electrons. The average Bonchev–Trinajstić information content (AvgIpc) is 2.28. The molecule has 17 heavy (non-hydrogen) atoms. The van der Waals surface area contributed by atoms with Crippen LogP contribution in [-0.2, 0) is 9.53 Å². The van der Waals surface area contributed by atoms with Gasteiger partial charge in [-0.3, -0.25) is 4.79 Å². The summed E-state index contributed by atoms with van der Waals surface area (Å²) in [5.41, 5.74) is 5.66. The van der Waals surface area contributed by atoms with Gasteiger partial charge in [-0.1, -0.05) is 13.8 Å². The first kappa shape index (κ1) is 14.5. The molecule has 0 aromatic rings. The highest BCUT2D eigenvalue weighted by molar-refractivity contribution is 5.76. The largest absolute Gasteiger partial charge is 0.378 e. The van der Waals surface area contributed by atoms with E-state index in [9.17, 15) is 4.79 Å². The lowest BCUT2D eigenvalue weighted by Crippen LogP contribution is -2.42. The summed E-state index contributed by atoms with van der Waals surface area (Å²) < 4.78 is 5.55. The molecule has 4 heteroatoms. The highest BCUT2D eigenvalue weighted by Crippen LogP contribution is 2.15.